The summed E-state index contributed by atoms with van der Waals surface area (Å²) in [6.45, 7) is 4.23. The molecular weight excluding hydrogens is 254 g/mol. The summed E-state index contributed by atoms with van der Waals surface area (Å²) in [5.41, 5.74) is 1.95. The van der Waals surface area contributed by atoms with Gasteiger partial charge in [-0.25, -0.2) is 0 Å². The molecule has 0 aromatic heterocycles. The number of carboxylic acid groups (broad SMARTS) is 1. The number of nitrogens with one attached hydrogen (secondary N) is 1. The van der Waals surface area contributed by atoms with Crippen molar-refractivity contribution in [3.63, 3.8) is 0 Å². The molecule has 2 atom stereocenters. The molecule has 1 aromatic rings. The van der Waals surface area contributed by atoms with Crippen LogP contribution in [-0.2, 0) is 9.59 Å². The topological polar surface area (TPSA) is 66.4 Å². The van der Waals surface area contributed by atoms with Crippen LogP contribution in [-0.4, -0.2) is 17.0 Å². The van der Waals surface area contributed by atoms with E-state index >= 15 is 0 Å². The minimum atomic E-state index is -0.863. The highest BCUT2D eigenvalue weighted by Gasteiger charge is 2.37. The number of aliphatic carboxylic acids is 1. The third-order valence-corrected chi connectivity index (χ3v) is 4.01. The normalized spacial score (nSPS) is 21.9. The van der Waals surface area contributed by atoms with E-state index in [0.29, 0.717) is 18.8 Å². The molecule has 0 aliphatic heterocycles. The van der Waals surface area contributed by atoms with Gasteiger partial charge in [0.2, 0.25) is 5.91 Å². The summed E-state index contributed by atoms with van der Waals surface area (Å²) >= 11 is 0. The van der Waals surface area contributed by atoms with E-state index in [9.17, 15) is 9.59 Å². The highest BCUT2D eigenvalue weighted by Crippen LogP contribution is 2.33. The van der Waals surface area contributed by atoms with Gasteiger partial charge in [-0.05, 0) is 36.5 Å². The van der Waals surface area contributed by atoms with Gasteiger partial charge in [-0.15, -0.1) is 0 Å². The molecule has 0 bridgehead atoms. The van der Waals surface area contributed by atoms with Crippen LogP contribution in [0.1, 0.15) is 44.6 Å². The number of hydrogen-bond acceptors (Lipinski definition) is 2. The molecule has 1 fully saturated rings. The van der Waals surface area contributed by atoms with E-state index in [0.717, 1.165) is 12.1 Å². The average molecular weight is 275 g/mol. The van der Waals surface area contributed by atoms with Gasteiger partial charge in [-0.1, -0.05) is 32.4 Å². The van der Waals surface area contributed by atoms with Gasteiger partial charge in [0.25, 0.3) is 0 Å². The van der Waals surface area contributed by atoms with E-state index in [-0.39, 0.29) is 5.91 Å². The molecule has 0 saturated heterocycles. The fourth-order valence-corrected chi connectivity index (χ4v) is 2.76. The van der Waals surface area contributed by atoms with Crippen LogP contribution in [0.25, 0.3) is 0 Å². The fraction of sp³-hybridized carbons (Fsp3) is 0.500. The van der Waals surface area contributed by atoms with Gasteiger partial charge in [0.1, 0.15) is 0 Å². The number of benzene rings is 1. The quantitative estimate of drug-likeness (QED) is 0.886. The van der Waals surface area contributed by atoms with Crippen molar-refractivity contribution in [1.29, 1.82) is 0 Å². The zero-order valence-corrected chi connectivity index (χ0v) is 11.9. The molecule has 1 aromatic carbocycles. The second-order valence-electron chi connectivity index (χ2n) is 5.75. The predicted octanol–water partition coefficient (Wildman–Crippen LogP) is 3.25. The Balaban J connectivity index is 2.02. The van der Waals surface area contributed by atoms with Gasteiger partial charge in [-0.3, -0.25) is 9.59 Å². The van der Waals surface area contributed by atoms with Crippen LogP contribution >= 0.6 is 0 Å². The molecule has 0 heterocycles. The molecule has 108 valence electrons. The Kier molecular flexibility index (Phi) is 4.42. The maximum Gasteiger partial charge on any atom is 0.307 e. The third-order valence-electron chi connectivity index (χ3n) is 4.01. The smallest absolute Gasteiger partial charge is 0.307 e. The molecule has 0 radical (unpaired) electrons. The predicted molar refractivity (Wildman–Crippen MR) is 77.6 cm³/mol. The Morgan fingerprint density at radius 1 is 1.15 bits per heavy atom. The van der Waals surface area contributed by atoms with Crippen LogP contribution in [0, 0.1) is 11.8 Å². The number of carboxylic acids is 1. The minimum Gasteiger partial charge on any atom is -0.481 e. The van der Waals surface area contributed by atoms with E-state index < -0.39 is 17.8 Å². The maximum absolute atomic E-state index is 12.2. The first-order valence-electron chi connectivity index (χ1n) is 7.12. The largest absolute Gasteiger partial charge is 0.481 e. The summed E-state index contributed by atoms with van der Waals surface area (Å²) in [6, 6.07) is 7.73. The summed E-state index contributed by atoms with van der Waals surface area (Å²) in [7, 11) is 0. The summed E-state index contributed by atoms with van der Waals surface area (Å²) < 4.78 is 0. The summed E-state index contributed by atoms with van der Waals surface area (Å²) in [4.78, 5) is 23.3. The SMILES string of the molecule is CC(C)c1ccc(NC(=O)[C@@H]2CCC[C@@H]2C(=O)O)cc1. The van der Waals surface area contributed by atoms with Crippen molar-refractivity contribution in [3.05, 3.63) is 29.8 Å². The van der Waals surface area contributed by atoms with Crippen LogP contribution in [0.2, 0.25) is 0 Å². The molecular formula is C16H21NO3. The summed E-state index contributed by atoms with van der Waals surface area (Å²) in [5.74, 6) is -1.53. The maximum atomic E-state index is 12.2. The molecule has 1 aliphatic carbocycles. The zero-order chi connectivity index (χ0) is 14.7. The second-order valence-corrected chi connectivity index (χ2v) is 5.75. The molecule has 1 amide bonds. The Labute approximate surface area is 119 Å². The molecule has 4 heteroatoms. The Hall–Kier alpha value is -1.84. The van der Waals surface area contributed by atoms with Crippen molar-refractivity contribution in [2.24, 2.45) is 11.8 Å². The van der Waals surface area contributed by atoms with E-state index in [1.165, 1.54) is 5.56 Å². The number of rotatable bonds is 4. The summed E-state index contributed by atoms with van der Waals surface area (Å²) in [5, 5.41) is 11.9. The molecule has 20 heavy (non-hydrogen) atoms. The van der Waals surface area contributed by atoms with Crippen molar-refractivity contribution < 1.29 is 14.7 Å². The first-order valence-corrected chi connectivity index (χ1v) is 7.12. The van der Waals surface area contributed by atoms with Gasteiger partial charge < -0.3 is 10.4 Å². The van der Waals surface area contributed by atoms with Gasteiger partial charge in [0, 0.05) is 5.69 Å². The average Bonchev–Trinajstić information content (AvgIpc) is 2.88. The van der Waals surface area contributed by atoms with Crippen molar-refractivity contribution >= 4 is 17.6 Å². The van der Waals surface area contributed by atoms with Crippen molar-refractivity contribution in [2.45, 2.75) is 39.0 Å². The number of hydrogen-bond donors (Lipinski definition) is 2. The van der Waals surface area contributed by atoms with Gasteiger partial charge in [-0.2, -0.15) is 0 Å². The zero-order valence-electron chi connectivity index (χ0n) is 11.9. The Bertz CT molecular complexity index is 493. The lowest BCUT2D eigenvalue weighted by Crippen LogP contribution is -2.29. The lowest BCUT2D eigenvalue weighted by molar-refractivity contribution is -0.145. The van der Waals surface area contributed by atoms with Gasteiger partial charge in [0.05, 0.1) is 11.8 Å². The van der Waals surface area contributed by atoms with E-state index in [1.54, 1.807) is 0 Å². The lowest BCUT2D eigenvalue weighted by Gasteiger charge is -2.16. The van der Waals surface area contributed by atoms with Crippen molar-refractivity contribution in [3.8, 4) is 0 Å². The van der Waals surface area contributed by atoms with Crippen LogP contribution < -0.4 is 5.32 Å². The number of amides is 1. The second kappa shape index (κ2) is 6.07. The highest BCUT2D eigenvalue weighted by molar-refractivity contribution is 5.95. The Morgan fingerprint density at radius 2 is 1.75 bits per heavy atom. The molecule has 2 rings (SSSR count). The fourth-order valence-electron chi connectivity index (χ4n) is 2.76. The van der Waals surface area contributed by atoms with E-state index in [2.05, 4.69) is 19.2 Å². The Morgan fingerprint density at radius 3 is 2.30 bits per heavy atom. The number of carbonyl (C=O) groups excluding carboxylic acids is 1. The van der Waals surface area contributed by atoms with Gasteiger partial charge >= 0.3 is 5.97 Å². The monoisotopic (exact) mass is 275 g/mol. The number of carbonyl (C=O) groups is 2. The number of anilines is 1. The van der Waals surface area contributed by atoms with Gasteiger partial charge in [0.15, 0.2) is 0 Å². The van der Waals surface area contributed by atoms with Crippen molar-refractivity contribution in [1.82, 2.24) is 0 Å². The molecule has 0 unspecified atom stereocenters. The van der Waals surface area contributed by atoms with Crippen molar-refractivity contribution in [2.75, 3.05) is 5.32 Å². The molecule has 0 spiro atoms. The molecule has 1 saturated carbocycles. The van der Waals surface area contributed by atoms with Crippen LogP contribution in [0.5, 0.6) is 0 Å². The minimum absolute atomic E-state index is 0.174. The molecule has 2 N–H and O–H groups in total. The van der Waals surface area contributed by atoms with E-state index in [1.807, 2.05) is 24.3 Å². The van der Waals surface area contributed by atoms with Crippen LogP contribution in [0.3, 0.4) is 0 Å². The lowest BCUT2D eigenvalue weighted by atomic mass is 9.95. The summed E-state index contributed by atoms with van der Waals surface area (Å²) in [6.07, 6.45) is 2.06. The first-order chi connectivity index (χ1) is 9.49. The third kappa shape index (κ3) is 3.18. The molecule has 4 nitrogen and oxygen atoms in total. The van der Waals surface area contributed by atoms with Crippen LogP contribution in [0.4, 0.5) is 5.69 Å². The van der Waals surface area contributed by atoms with Crippen LogP contribution in [0.15, 0.2) is 24.3 Å². The standard InChI is InChI=1S/C16H21NO3/c1-10(2)11-6-8-12(9-7-11)17-15(18)13-4-3-5-14(13)16(19)20/h6-10,13-14H,3-5H2,1-2H3,(H,17,18)(H,19,20)/t13-,14+/m1/s1. The highest BCUT2D eigenvalue weighted by atomic mass is 16.4. The molecule has 1 aliphatic rings. The van der Waals surface area contributed by atoms with E-state index in [4.69, 9.17) is 5.11 Å². The first kappa shape index (κ1) is 14.6.